The summed E-state index contributed by atoms with van der Waals surface area (Å²) in [7, 11) is 0. The van der Waals surface area contributed by atoms with Crippen LogP contribution in [0.15, 0.2) is 0 Å². The highest BCUT2D eigenvalue weighted by atomic mass is 16.4. The molecule has 1 rings (SSSR count). The first-order chi connectivity index (χ1) is 5.63. The third-order valence-electron chi connectivity index (χ3n) is 2.17. The van der Waals surface area contributed by atoms with Crippen LogP contribution in [0.1, 0.15) is 26.2 Å². The maximum atomic E-state index is 10.8. The summed E-state index contributed by atoms with van der Waals surface area (Å²) in [5.74, 6) is -0.993. The molecule has 0 spiro atoms. The molecule has 0 saturated heterocycles. The lowest BCUT2D eigenvalue weighted by Crippen LogP contribution is -2.46. The van der Waals surface area contributed by atoms with Crippen LogP contribution in [0.2, 0.25) is 0 Å². The molecule has 12 heavy (non-hydrogen) atoms. The molecule has 1 aliphatic carbocycles. The Labute approximate surface area is 71.0 Å². The molecule has 1 aliphatic rings. The number of hydrogen-bond donors (Lipinski definition) is 2. The Kier molecular flexibility index (Phi) is 2.68. The van der Waals surface area contributed by atoms with Crippen molar-refractivity contribution < 1.29 is 14.7 Å². The summed E-state index contributed by atoms with van der Waals surface area (Å²) >= 11 is 0. The van der Waals surface area contributed by atoms with Crippen LogP contribution in [0.4, 0.5) is 0 Å². The fourth-order valence-electron chi connectivity index (χ4n) is 1.27. The molecule has 1 amide bonds. The number of rotatable bonds is 3. The summed E-state index contributed by atoms with van der Waals surface area (Å²) in [6.07, 6.45) is 1.64. The van der Waals surface area contributed by atoms with E-state index < -0.39 is 5.97 Å². The van der Waals surface area contributed by atoms with Gasteiger partial charge in [-0.1, -0.05) is 6.92 Å². The summed E-state index contributed by atoms with van der Waals surface area (Å²) < 4.78 is 0. The first kappa shape index (κ1) is 9.03. The van der Waals surface area contributed by atoms with Crippen LogP contribution in [0.5, 0.6) is 0 Å². The predicted octanol–water partition coefficient (Wildman–Crippen LogP) is 0.376. The minimum absolute atomic E-state index is 0.00355. The van der Waals surface area contributed by atoms with Crippen molar-refractivity contribution in [3.63, 3.8) is 0 Å². The Morgan fingerprint density at radius 3 is 2.50 bits per heavy atom. The molecule has 0 aromatic carbocycles. The van der Waals surface area contributed by atoms with Crippen molar-refractivity contribution in [3.8, 4) is 0 Å². The van der Waals surface area contributed by atoms with Crippen molar-refractivity contribution in [1.29, 1.82) is 0 Å². The molecule has 0 heterocycles. The molecule has 68 valence electrons. The van der Waals surface area contributed by atoms with E-state index in [-0.39, 0.29) is 17.9 Å². The molecule has 0 aliphatic heterocycles. The van der Waals surface area contributed by atoms with E-state index in [2.05, 4.69) is 5.32 Å². The van der Waals surface area contributed by atoms with Crippen LogP contribution in [-0.2, 0) is 9.59 Å². The van der Waals surface area contributed by atoms with E-state index >= 15 is 0 Å². The van der Waals surface area contributed by atoms with Gasteiger partial charge in [0.1, 0.15) is 0 Å². The Bertz CT molecular complexity index is 196. The molecule has 0 unspecified atom stereocenters. The van der Waals surface area contributed by atoms with Gasteiger partial charge in [-0.3, -0.25) is 9.59 Å². The predicted molar refractivity (Wildman–Crippen MR) is 42.6 cm³/mol. The highest BCUT2D eigenvalue weighted by molar-refractivity contribution is 5.77. The number of nitrogens with one attached hydrogen (secondary N) is 1. The van der Waals surface area contributed by atoms with Gasteiger partial charge < -0.3 is 10.4 Å². The lowest BCUT2D eigenvalue weighted by atomic mass is 9.80. The van der Waals surface area contributed by atoms with Crippen molar-refractivity contribution in [1.82, 2.24) is 5.32 Å². The van der Waals surface area contributed by atoms with Gasteiger partial charge in [0.2, 0.25) is 5.91 Å². The monoisotopic (exact) mass is 171 g/mol. The van der Waals surface area contributed by atoms with Gasteiger partial charge in [-0.2, -0.15) is 0 Å². The van der Waals surface area contributed by atoms with E-state index in [1.54, 1.807) is 6.92 Å². The van der Waals surface area contributed by atoms with Crippen molar-refractivity contribution in [2.24, 2.45) is 5.92 Å². The molecular formula is C8H13NO3. The van der Waals surface area contributed by atoms with Crippen LogP contribution in [0.25, 0.3) is 0 Å². The third kappa shape index (κ3) is 1.96. The Balaban J connectivity index is 2.17. The van der Waals surface area contributed by atoms with Crippen molar-refractivity contribution in [3.05, 3.63) is 0 Å². The van der Waals surface area contributed by atoms with Gasteiger partial charge in [-0.25, -0.2) is 0 Å². The van der Waals surface area contributed by atoms with E-state index in [4.69, 9.17) is 5.11 Å². The van der Waals surface area contributed by atoms with Crippen LogP contribution in [0, 0.1) is 5.92 Å². The highest BCUT2D eigenvalue weighted by Crippen LogP contribution is 2.27. The molecule has 0 aromatic heterocycles. The Hall–Kier alpha value is -1.06. The zero-order valence-corrected chi connectivity index (χ0v) is 7.04. The van der Waals surface area contributed by atoms with Gasteiger partial charge >= 0.3 is 5.97 Å². The van der Waals surface area contributed by atoms with Crippen molar-refractivity contribution in [2.75, 3.05) is 0 Å². The maximum Gasteiger partial charge on any atom is 0.306 e. The van der Waals surface area contributed by atoms with Gasteiger partial charge in [0.15, 0.2) is 0 Å². The number of carbonyl (C=O) groups is 2. The van der Waals surface area contributed by atoms with E-state index in [1.165, 1.54) is 0 Å². The SMILES string of the molecule is CCC(=O)NC1CC(C(=O)O)C1. The second-order valence-corrected chi connectivity index (χ2v) is 3.12. The molecule has 2 N–H and O–H groups in total. The summed E-state index contributed by atoms with van der Waals surface area (Å²) in [5.41, 5.74) is 0. The topological polar surface area (TPSA) is 66.4 Å². The largest absolute Gasteiger partial charge is 0.481 e. The molecule has 0 bridgehead atoms. The fraction of sp³-hybridized carbons (Fsp3) is 0.750. The Morgan fingerprint density at radius 1 is 1.50 bits per heavy atom. The van der Waals surface area contributed by atoms with E-state index in [0.29, 0.717) is 19.3 Å². The second-order valence-electron chi connectivity index (χ2n) is 3.12. The summed E-state index contributed by atoms with van der Waals surface area (Å²) in [4.78, 5) is 21.2. The third-order valence-corrected chi connectivity index (χ3v) is 2.17. The molecular weight excluding hydrogens is 158 g/mol. The van der Waals surface area contributed by atoms with Gasteiger partial charge in [0.25, 0.3) is 0 Å². The van der Waals surface area contributed by atoms with Crippen LogP contribution >= 0.6 is 0 Å². The van der Waals surface area contributed by atoms with Gasteiger partial charge in [-0.05, 0) is 12.8 Å². The average Bonchev–Trinajstić information content (AvgIpc) is 1.94. The molecule has 0 aromatic rings. The highest BCUT2D eigenvalue weighted by Gasteiger charge is 2.34. The number of aliphatic carboxylic acids is 1. The summed E-state index contributed by atoms with van der Waals surface area (Å²) in [6.45, 7) is 1.78. The van der Waals surface area contributed by atoms with Crippen LogP contribution < -0.4 is 5.32 Å². The van der Waals surface area contributed by atoms with E-state index in [0.717, 1.165) is 0 Å². The lowest BCUT2D eigenvalue weighted by Gasteiger charge is -2.32. The molecule has 0 atom stereocenters. The van der Waals surface area contributed by atoms with Crippen molar-refractivity contribution in [2.45, 2.75) is 32.2 Å². The summed E-state index contributed by atoms with van der Waals surface area (Å²) in [5, 5.41) is 11.3. The molecule has 4 heteroatoms. The van der Waals surface area contributed by atoms with Crippen LogP contribution in [0.3, 0.4) is 0 Å². The number of carboxylic acids is 1. The number of hydrogen-bond acceptors (Lipinski definition) is 2. The van der Waals surface area contributed by atoms with Gasteiger partial charge in [0, 0.05) is 12.5 Å². The number of amides is 1. The smallest absolute Gasteiger partial charge is 0.306 e. The van der Waals surface area contributed by atoms with E-state index in [9.17, 15) is 9.59 Å². The van der Waals surface area contributed by atoms with Gasteiger partial charge in [-0.15, -0.1) is 0 Å². The Morgan fingerprint density at radius 2 is 2.08 bits per heavy atom. The molecule has 1 saturated carbocycles. The average molecular weight is 171 g/mol. The molecule has 1 fully saturated rings. The molecule has 0 radical (unpaired) electrons. The lowest BCUT2D eigenvalue weighted by molar-refractivity contribution is -0.146. The number of carboxylic acid groups (broad SMARTS) is 1. The zero-order valence-electron chi connectivity index (χ0n) is 7.04. The first-order valence-corrected chi connectivity index (χ1v) is 4.15. The van der Waals surface area contributed by atoms with E-state index in [1.807, 2.05) is 0 Å². The quantitative estimate of drug-likeness (QED) is 0.645. The standard InChI is InChI=1S/C8H13NO3/c1-2-7(10)9-6-3-5(4-6)8(11)12/h5-6H,2-4H2,1H3,(H,9,10)(H,11,12). The molecule has 4 nitrogen and oxygen atoms in total. The first-order valence-electron chi connectivity index (χ1n) is 4.15. The fourth-order valence-corrected chi connectivity index (χ4v) is 1.27. The normalized spacial score (nSPS) is 27.4. The second kappa shape index (κ2) is 3.56. The summed E-state index contributed by atoms with van der Waals surface area (Å²) in [6, 6.07) is 0.0959. The maximum absolute atomic E-state index is 10.8. The zero-order chi connectivity index (χ0) is 9.14. The number of carbonyl (C=O) groups excluding carboxylic acids is 1. The minimum Gasteiger partial charge on any atom is -0.481 e. The van der Waals surface area contributed by atoms with Gasteiger partial charge in [0.05, 0.1) is 5.92 Å². The van der Waals surface area contributed by atoms with Crippen LogP contribution in [-0.4, -0.2) is 23.0 Å². The van der Waals surface area contributed by atoms with Crippen molar-refractivity contribution >= 4 is 11.9 Å². The minimum atomic E-state index is -0.753.